The molecule has 1 amide bonds. The first kappa shape index (κ1) is 21.2. The Morgan fingerprint density at radius 3 is 2.38 bits per heavy atom. The van der Waals surface area contributed by atoms with Gasteiger partial charge < -0.3 is 10.2 Å². The molecule has 1 aromatic heterocycles. The molecule has 1 aliphatic heterocycles. The van der Waals surface area contributed by atoms with Gasteiger partial charge in [0, 0.05) is 38.9 Å². The third kappa shape index (κ3) is 4.55. The van der Waals surface area contributed by atoms with Crippen molar-refractivity contribution in [3.05, 3.63) is 41.2 Å². The third-order valence-electron chi connectivity index (χ3n) is 5.54. The first-order valence-electron chi connectivity index (χ1n) is 9.55. The van der Waals surface area contributed by atoms with Gasteiger partial charge >= 0.3 is 6.18 Å². The number of anilines is 2. The van der Waals surface area contributed by atoms with Gasteiger partial charge in [0.15, 0.2) is 0 Å². The van der Waals surface area contributed by atoms with Crippen molar-refractivity contribution in [2.24, 2.45) is 7.05 Å². The van der Waals surface area contributed by atoms with Crippen LogP contribution in [0.25, 0.3) is 0 Å². The van der Waals surface area contributed by atoms with Gasteiger partial charge in [-0.3, -0.25) is 14.4 Å². The molecular formula is C20H26F3N5O. The number of carbonyl (C=O) groups excluding carboxylic acids is 1. The molecule has 1 atom stereocenters. The highest BCUT2D eigenvalue weighted by Crippen LogP contribution is 2.32. The predicted octanol–water partition coefficient (Wildman–Crippen LogP) is 3.20. The number of hydrogen-bond donors (Lipinski definition) is 1. The standard InChI is InChI=1S/C20H26F3N5O/c1-13-18(14(2)26(4)25-13)24-19(29)15(3)27-8-10-28(11-9-27)17-7-5-6-16(12-17)20(21,22)23/h5-7,12,15H,8-11H2,1-4H3,(H,24,29)/t15-/m1/s1. The number of amides is 1. The Morgan fingerprint density at radius 1 is 1.17 bits per heavy atom. The van der Waals surface area contributed by atoms with E-state index in [1.54, 1.807) is 10.7 Å². The van der Waals surface area contributed by atoms with Crippen molar-refractivity contribution >= 4 is 17.3 Å². The van der Waals surface area contributed by atoms with Gasteiger partial charge in [-0.1, -0.05) is 6.07 Å². The van der Waals surface area contributed by atoms with Gasteiger partial charge in [0.1, 0.15) is 0 Å². The van der Waals surface area contributed by atoms with Gasteiger partial charge in [0.2, 0.25) is 5.91 Å². The van der Waals surface area contributed by atoms with Crippen molar-refractivity contribution in [1.29, 1.82) is 0 Å². The van der Waals surface area contributed by atoms with Crippen molar-refractivity contribution in [3.8, 4) is 0 Å². The van der Waals surface area contributed by atoms with Crippen molar-refractivity contribution in [2.45, 2.75) is 33.0 Å². The second kappa shape index (κ2) is 8.06. The molecule has 158 valence electrons. The zero-order valence-electron chi connectivity index (χ0n) is 17.0. The van der Waals surface area contributed by atoms with E-state index in [0.29, 0.717) is 31.9 Å². The number of nitrogens with one attached hydrogen (secondary N) is 1. The van der Waals surface area contributed by atoms with Crippen molar-refractivity contribution in [1.82, 2.24) is 14.7 Å². The van der Waals surface area contributed by atoms with Crippen LogP contribution < -0.4 is 10.2 Å². The molecule has 0 radical (unpaired) electrons. The Labute approximate surface area is 168 Å². The van der Waals surface area contributed by atoms with E-state index in [4.69, 9.17) is 0 Å². The van der Waals surface area contributed by atoms with E-state index >= 15 is 0 Å². The number of piperazine rings is 1. The van der Waals surface area contributed by atoms with Crippen LogP contribution in [-0.2, 0) is 18.0 Å². The molecule has 0 saturated carbocycles. The summed E-state index contributed by atoms with van der Waals surface area (Å²) in [7, 11) is 1.83. The van der Waals surface area contributed by atoms with Crippen LogP contribution in [0.2, 0.25) is 0 Å². The minimum Gasteiger partial charge on any atom is -0.369 e. The highest BCUT2D eigenvalue weighted by molar-refractivity contribution is 5.95. The van der Waals surface area contributed by atoms with Gasteiger partial charge in [0.25, 0.3) is 0 Å². The second-order valence-electron chi connectivity index (χ2n) is 7.41. The van der Waals surface area contributed by atoms with E-state index in [2.05, 4.69) is 10.4 Å². The molecule has 1 N–H and O–H groups in total. The largest absolute Gasteiger partial charge is 0.416 e. The fourth-order valence-corrected chi connectivity index (χ4v) is 3.59. The van der Waals surface area contributed by atoms with Crippen LogP contribution >= 0.6 is 0 Å². The molecule has 0 aliphatic carbocycles. The van der Waals surface area contributed by atoms with Crippen LogP contribution in [0.1, 0.15) is 23.9 Å². The molecule has 1 aromatic carbocycles. The molecule has 3 rings (SSSR count). The smallest absolute Gasteiger partial charge is 0.369 e. The number of aryl methyl sites for hydroxylation is 2. The van der Waals surface area contributed by atoms with Gasteiger partial charge in [-0.15, -0.1) is 0 Å². The Kier molecular flexibility index (Phi) is 5.88. The van der Waals surface area contributed by atoms with E-state index < -0.39 is 11.7 Å². The summed E-state index contributed by atoms with van der Waals surface area (Å²) < 4.78 is 40.6. The SMILES string of the molecule is Cc1nn(C)c(C)c1NC(=O)[C@@H](C)N1CCN(c2cccc(C(F)(F)F)c2)CC1. The molecule has 2 heterocycles. The molecular weight excluding hydrogens is 383 g/mol. The summed E-state index contributed by atoms with van der Waals surface area (Å²) >= 11 is 0. The maximum Gasteiger partial charge on any atom is 0.416 e. The normalized spacial score (nSPS) is 16.7. The number of rotatable bonds is 4. The average molecular weight is 409 g/mol. The van der Waals surface area contributed by atoms with Crippen LogP contribution in [0, 0.1) is 13.8 Å². The predicted molar refractivity (Wildman–Crippen MR) is 106 cm³/mol. The van der Waals surface area contributed by atoms with E-state index in [-0.39, 0.29) is 11.9 Å². The topological polar surface area (TPSA) is 53.4 Å². The third-order valence-corrected chi connectivity index (χ3v) is 5.54. The Bertz CT molecular complexity index is 885. The number of hydrogen-bond acceptors (Lipinski definition) is 4. The minimum absolute atomic E-state index is 0.114. The monoisotopic (exact) mass is 409 g/mol. The van der Waals surface area contributed by atoms with E-state index in [1.807, 2.05) is 37.6 Å². The van der Waals surface area contributed by atoms with Gasteiger partial charge in [0.05, 0.1) is 28.7 Å². The molecule has 1 saturated heterocycles. The Morgan fingerprint density at radius 2 is 1.83 bits per heavy atom. The van der Waals surface area contributed by atoms with Crippen LogP contribution in [-0.4, -0.2) is 52.8 Å². The number of carbonyl (C=O) groups is 1. The summed E-state index contributed by atoms with van der Waals surface area (Å²) in [4.78, 5) is 16.7. The lowest BCUT2D eigenvalue weighted by Crippen LogP contribution is -2.52. The van der Waals surface area contributed by atoms with Crippen molar-refractivity contribution in [3.63, 3.8) is 0 Å². The molecule has 6 nitrogen and oxygen atoms in total. The molecule has 29 heavy (non-hydrogen) atoms. The Hall–Kier alpha value is -2.55. The van der Waals surface area contributed by atoms with Crippen LogP contribution in [0.3, 0.4) is 0 Å². The first-order valence-corrected chi connectivity index (χ1v) is 9.55. The maximum atomic E-state index is 13.0. The summed E-state index contributed by atoms with van der Waals surface area (Å²) in [5.41, 5.74) is 2.29. The lowest BCUT2D eigenvalue weighted by atomic mass is 10.1. The fraction of sp³-hybridized carbons (Fsp3) is 0.500. The Balaban J connectivity index is 1.61. The number of alkyl halides is 3. The van der Waals surface area contributed by atoms with E-state index in [0.717, 1.165) is 23.1 Å². The quantitative estimate of drug-likeness (QED) is 0.843. The van der Waals surface area contributed by atoms with Gasteiger partial charge in [-0.25, -0.2) is 0 Å². The highest BCUT2D eigenvalue weighted by Gasteiger charge is 2.32. The molecule has 2 aromatic rings. The van der Waals surface area contributed by atoms with Crippen LogP contribution in [0.15, 0.2) is 24.3 Å². The lowest BCUT2D eigenvalue weighted by molar-refractivity contribution is -0.137. The fourth-order valence-electron chi connectivity index (χ4n) is 3.59. The maximum absolute atomic E-state index is 13.0. The lowest BCUT2D eigenvalue weighted by Gasteiger charge is -2.38. The second-order valence-corrected chi connectivity index (χ2v) is 7.41. The summed E-state index contributed by atoms with van der Waals surface area (Å²) in [5.74, 6) is -0.114. The summed E-state index contributed by atoms with van der Waals surface area (Å²) in [6, 6.07) is 5.03. The molecule has 0 bridgehead atoms. The van der Waals surface area contributed by atoms with Crippen LogP contribution in [0.4, 0.5) is 24.5 Å². The number of halogens is 3. The van der Waals surface area contributed by atoms with E-state index in [9.17, 15) is 18.0 Å². The average Bonchev–Trinajstić information content (AvgIpc) is 2.93. The first-order chi connectivity index (χ1) is 13.6. The van der Waals surface area contributed by atoms with Crippen molar-refractivity contribution < 1.29 is 18.0 Å². The van der Waals surface area contributed by atoms with Gasteiger partial charge in [-0.05, 0) is 39.0 Å². The zero-order chi connectivity index (χ0) is 21.3. The number of nitrogens with zero attached hydrogens (tertiary/aromatic N) is 4. The minimum atomic E-state index is -4.35. The van der Waals surface area contributed by atoms with Crippen LogP contribution in [0.5, 0.6) is 0 Å². The molecule has 1 aliphatic rings. The molecule has 9 heteroatoms. The molecule has 0 unspecified atom stereocenters. The van der Waals surface area contributed by atoms with E-state index in [1.165, 1.54) is 12.1 Å². The number of aromatic nitrogens is 2. The summed E-state index contributed by atoms with van der Waals surface area (Å²) in [6.07, 6.45) is -4.35. The van der Waals surface area contributed by atoms with Gasteiger partial charge in [-0.2, -0.15) is 18.3 Å². The molecule has 0 spiro atoms. The van der Waals surface area contributed by atoms with Crippen molar-refractivity contribution in [2.75, 3.05) is 36.4 Å². The summed E-state index contributed by atoms with van der Waals surface area (Å²) in [5, 5.41) is 7.27. The number of benzene rings is 1. The zero-order valence-corrected chi connectivity index (χ0v) is 17.0. The molecule has 1 fully saturated rings. The summed E-state index contributed by atoms with van der Waals surface area (Å²) in [6.45, 7) is 7.89. The highest BCUT2D eigenvalue weighted by atomic mass is 19.4.